The second-order valence-corrected chi connectivity index (χ2v) is 7.90. The molecule has 0 aromatic heterocycles. The van der Waals surface area contributed by atoms with Crippen LogP contribution in [-0.4, -0.2) is 63.2 Å². The summed E-state index contributed by atoms with van der Waals surface area (Å²) < 4.78 is 24.9. The Kier molecular flexibility index (Phi) is 5.93. The minimum Gasteiger partial charge on any atom is -0.353 e. The fraction of sp³-hybridized carbons (Fsp3) is 0.917. The molecule has 1 fully saturated rings. The van der Waals surface area contributed by atoms with Gasteiger partial charge in [-0.05, 0) is 26.7 Å². The van der Waals surface area contributed by atoms with Gasteiger partial charge in [0.05, 0.1) is 12.8 Å². The lowest BCUT2D eigenvalue weighted by molar-refractivity contribution is -0.122. The molecule has 1 amide bonds. The molecule has 0 aliphatic carbocycles. The first-order valence-corrected chi connectivity index (χ1v) is 8.70. The first-order chi connectivity index (χ1) is 9.07. The van der Waals surface area contributed by atoms with Crippen molar-refractivity contribution in [3.63, 3.8) is 0 Å². The molecule has 1 saturated heterocycles. The number of hydrogen-bond acceptors (Lipinski definition) is 5. The summed E-state index contributed by atoms with van der Waals surface area (Å²) in [4.78, 5) is 13.9. The van der Waals surface area contributed by atoms with Gasteiger partial charge in [0.15, 0.2) is 0 Å². The van der Waals surface area contributed by atoms with Crippen LogP contribution >= 0.6 is 0 Å². The van der Waals surface area contributed by atoms with Gasteiger partial charge in [-0.3, -0.25) is 9.69 Å². The maximum atomic E-state index is 11.8. The maximum Gasteiger partial charge on any atom is 0.234 e. The molecule has 8 heteroatoms. The second kappa shape index (κ2) is 6.84. The maximum absolute atomic E-state index is 11.8. The number of hydrogen-bond donors (Lipinski definition) is 3. The van der Waals surface area contributed by atoms with E-state index in [1.165, 1.54) is 0 Å². The van der Waals surface area contributed by atoms with Crippen molar-refractivity contribution in [1.29, 1.82) is 0 Å². The van der Waals surface area contributed by atoms with Gasteiger partial charge in [-0.1, -0.05) is 0 Å². The summed E-state index contributed by atoms with van der Waals surface area (Å²) in [6, 6.07) is 0.243. The van der Waals surface area contributed by atoms with Crippen molar-refractivity contribution in [3.8, 4) is 0 Å². The van der Waals surface area contributed by atoms with E-state index in [1.807, 2.05) is 0 Å². The number of amides is 1. The van der Waals surface area contributed by atoms with Gasteiger partial charge >= 0.3 is 0 Å². The fourth-order valence-corrected chi connectivity index (χ4v) is 3.30. The molecule has 1 aliphatic heterocycles. The molecule has 20 heavy (non-hydrogen) atoms. The molecule has 0 aromatic rings. The van der Waals surface area contributed by atoms with Crippen LogP contribution in [0.2, 0.25) is 0 Å². The lowest BCUT2D eigenvalue weighted by atomic mass is 10.1. The number of rotatable bonds is 6. The summed E-state index contributed by atoms with van der Waals surface area (Å²) in [5.74, 6) is -0.0937. The molecule has 1 aliphatic rings. The van der Waals surface area contributed by atoms with Gasteiger partial charge in [-0.15, -0.1) is 0 Å². The van der Waals surface area contributed by atoms with Crippen LogP contribution in [0.3, 0.4) is 0 Å². The Bertz CT molecular complexity index is 428. The largest absolute Gasteiger partial charge is 0.353 e. The molecular weight excluding hydrogens is 280 g/mol. The molecule has 7 nitrogen and oxygen atoms in total. The minimum atomic E-state index is -3.29. The van der Waals surface area contributed by atoms with Gasteiger partial charge in [0.2, 0.25) is 15.9 Å². The second-order valence-electron chi connectivity index (χ2n) is 6.15. The Morgan fingerprint density at radius 2 is 1.90 bits per heavy atom. The summed E-state index contributed by atoms with van der Waals surface area (Å²) in [5, 5.41) is 2.77. The number of nitrogens with one attached hydrogen (secondary N) is 2. The normalized spacial score (nSPS) is 19.0. The van der Waals surface area contributed by atoms with Crippen molar-refractivity contribution in [2.45, 2.75) is 38.3 Å². The van der Waals surface area contributed by atoms with Crippen LogP contribution in [-0.2, 0) is 14.8 Å². The summed E-state index contributed by atoms with van der Waals surface area (Å²) >= 11 is 0. The van der Waals surface area contributed by atoms with Crippen LogP contribution in [0.25, 0.3) is 0 Å². The molecule has 0 aromatic carbocycles. The number of nitrogens with two attached hydrogens (primary N) is 1. The summed E-state index contributed by atoms with van der Waals surface area (Å²) in [6.07, 6.45) is 2.93. The quantitative estimate of drug-likeness (QED) is 0.575. The van der Waals surface area contributed by atoms with Crippen molar-refractivity contribution in [2.75, 3.05) is 32.4 Å². The Labute approximate surface area is 121 Å². The molecule has 0 bridgehead atoms. The summed E-state index contributed by atoms with van der Waals surface area (Å²) in [6.45, 7) is 5.72. The van der Waals surface area contributed by atoms with Crippen molar-refractivity contribution in [2.24, 2.45) is 5.73 Å². The van der Waals surface area contributed by atoms with Crippen molar-refractivity contribution in [1.82, 2.24) is 14.9 Å². The molecule has 1 heterocycles. The zero-order chi connectivity index (χ0) is 15.4. The lowest BCUT2D eigenvalue weighted by Gasteiger charge is -2.30. The number of likely N-dealkylation sites (tertiary alicyclic amines) is 1. The number of carbonyl (C=O) groups excluding carboxylic acids is 1. The number of sulfonamides is 1. The Morgan fingerprint density at radius 3 is 2.40 bits per heavy atom. The Balaban J connectivity index is 2.32. The first kappa shape index (κ1) is 17.4. The number of piperidine rings is 1. The first-order valence-electron chi connectivity index (χ1n) is 6.81. The lowest BCUT2D eigenvalue weighted by Crippen LogP contribution is -2.52. The fourth-order valence-electron chi connectivity index (χ4n) is 2.23. The van der Waals surface area contributed by atoms with Crippen LogP contribution in [0.5, 0.6) is 0 Å². The molecule has 1 rings (SSSR count). The van der Waals surface area contributed by atoms with Crippen molar-refractivity contribution < 1.29 is 13.2 Å². The van der Waals surface area contributed by atoms with Crippen LogP contribution in [0.1, 0.15) is 26.7 Å². The van der Waals surface area contributed by atoms with Crippen molar-refractivity contribution >= 4 is 15.9 Å². The third kappa shape index (κ3) is 7.18. The van der Waals surface area contributed by atoms with E-state index in [-0.39, 0.29) is 18.5 Å². The summed E-state index contributed by atoms with van der Waals surface area (Å²) in [5.41, 5.74) is 5.11. The van der Waals surface area contributed by atoms with Crippen molar-refractivity contribution in [3.05, 3.63) is 0 Å². The average molecular weight is 306 g/mol. The van der Waals surface area contributed by atoms with E-state index in [0.29, 0.717) is 6.54 Å². The SMILES string of the molecule is CC(C)(CNC(=O)CN1CCC(N)CC1)NS(C)(=O)=O. The molecular formula is C12H26N4O3S. The topological polar surface area (TPSA) is 105 Å². The van der Waals surface area contributed by atoms with Gasteiger partial charge in [0, 0.05) is 31.2 Å². The van der Waals surface area contributed by atoms with Crippen LogP contribution in [0.4, 0.5) is 0 Å². The van der Waals surface area contributed by atoms with E-state index in [9.17, 15) is 13.2 Å². The molecule has 0 saturated carbocycles. The molecule has 0 atom stereocenters. The Morgan fingerprint density at radius 1 is 1.35 bits per heavy atom. The predicted octanol–water partition coefficient (Wildman–Crippen LogP) is -1.15. The van der Waals surface area contributed by atoms with E-state index in [2.05, 4.69) is 14.9 Å². The van der Waals surface area contributed by atoms with E-state index in [4.69, 9.17) is 5.73 Å². The van der Waals surface area contributed by atoms with E-state index < -0.39 is 15.6 Å². The van der Waals surface area contributed by atoms with Gasteiger partial charge in [0.1, 0.15) is 0 Å². The third-order valence-corrected chi connectivity index (χ3v) is 4.11. The van der Waals surface area contributed by atoms with Crippen LogP contribution < -0.4 is 15.8 Å². The number of nitrogens with zero attached hydrogens (tertiary/aromatic N) is 1. The van der Waals surface area contributed by atoms with Gasteiger partial charge in [-0.25, -0.2) is 13.1 Å². The minimum absolute atomic E-state index is 0.0937. The molecule has 4 N–H and O–H groups in total. The Hall–Kier alpha value is -0.700. The summed E-state index contributed by atoms with van der Waals surface area (Å²) in [7, 11) is -3.29. The van der Waals surface area contributed by atoms with Gasteiger partial charge < -0.3 is 11.1 Å². The van der Waals surface area contributed by atoms with Crippen LogP contribution in [0.15, 0.2) is 0 Å². The van der Waals surface area contributed by atoms with Gasteiger partial charge in [-0.2, -0.15) is 0 Å². The average Bonchev–Trinajstić information content (AvgIpc) is 2.27. The molecule has 0 radical (unpaired) electrons. The van der Waals surface area contributed by atoms with E-state index in [1.54, 1.807) is 13.8 Å². The molecule has 0 spiro atoms. The number of carbonyl (C=O) groups is 1. The smallest absolute Gasteiger partial charge is 0.234 e. The zero-order valence-electron chi connectivity index (χ0n) is 12.5. The highest BCUT2D eigenvalue weighted by Crippen LogP contribution is 2.07. The highest BCUT2D eigenvalue weighted by Gasteiger charge is 2.24. The highest BCUT2D eigenvalue weighted by atomic mass is 32.2. The van der Waals surface area contributed by atoms with E-state index in [0.717, 1.165) is 32.2 Å². The monoisotopic (exact) mass is 306 g/mol. The third-order valence-electron chi connectivity index (χ3n) is 3.19. The highest BCUT2D eigenvalue weighted by molar-refractivity contribution is 7.88. The zero-order valence-corrected chi connectivity index (χ0v) is 13.3. The van der Waals surface area contributed by atoms with E-state index >= 15 is 0 Å². The predicted molar refractivity (Wildman–Crippen MR) is 78.7 cm³/mol. The molecule has 0 unspecified atom stereocenters. The molecule has 118 valence electrons. The van der Waals surface area contributed by atoms with Crippen LogP contribution in [0, 0.1) is 0 Å². The van der Waals surface area contributed by atoms with Gasteiger partial charge in [0.25, 0.3) is 0 Å². The standard InChI is InChI=1S/C12H26N4O3S/c1-12(2,15-20(3,18)19)9-14-11(17)8-16-6-4-10(13)5-7-16/h10,15H,4-9,13H2,1-3H3,(H,14,17).